The van der Waals surface area contributed by atoms with Gasteiger partial charge in [-0.25, -0.2) is 0 Å². The molecule has 1 aliphatic rings. The highest BCUT2D eigenvalue weighted by molar-refractivity contribution is 7.99. The van der Waals surface area contributed by atoms with Crippen molar-refractivity contribution in [3.63, 3.8) is 0 Å². The summed E-state index contributed by atoms with van der Waals surface area (Å²) in [6.45, 7) is 3.22. The monoisotopic (exact) mass is 286 g/mol. The minimum atomic E-state index is 0.286. The van der Waals surface area contributed by atoms with Crippen molar-refractivity contribution in [1.82, 2.24) is 4.57 Å². The van der Waals surface area contributed by atoms with Crippen molar-refractivity contribution in [2.45, 2.75) is 43.2 Å². The van der Waals surface area contributed by atoms with Crippen LogP contribution >= 0.6 is 11.8 Å². The van der Waals surface area contributed by atoms with Crippen molar-refractivity contribution in [3.05, 3.63) is 53.9 Å². The fraction of sp³-hybridized carbons (Fsp3) is 0.412. The maximum Gasteiger partial charge on any atom is 0.0297 e. The summed E-state index contributed by atoms with van der Waals surface area (Å²) in [5, 5.41) is 0. The van der Waals surface area contributed by atoms with Gasteiger partial charge in [-0.1, -0.05) is 25.1 Å². The third-order valence-electron chi connectivity index (χ3n) is 4.06. The van der Waals surface area contributed by atoms with Gasteiger partial charge in [0.1, 0.15) is 0 Å². The highest BCUT2D eigenvalue weighted by atomic mass is 32.2. The minimum Gasteiger partial charge on any atom is -0.353 e. The predicted molar refractivity (Wildman–Crippen MR) is 86.3 cm³/mol. The maximum atomic E-state index is 6.03. The van der Waals surface area contributed by atoms with Gasteiger partial charge in [0, 0.05) is 41.5 Å². The molecule has 106 valence electrons. The molecule has 2 atom stereocenters. The van der Waals surface area contributed by atoms with E-state index in [2.05, 4.69) is 54.2 Å². The maximum absolute atomic E-state index is 6.03. The molecule has 1 aromatic heterocycles. The van der Waals surface area contributed by atoms with Gasteiger partial charge < -0.3 is 10.3 Å². The van der Waals surface area contributed by atoms with Crippen molar-refractivity contribution in [2.75, 3.05) is 5.75 Å². The Morgan fingerprint density at radius 2 is 2.20 bits per heavy atom. The molecule has 3 rings (SSSR count). The Kier molecular flexibility index (Phi) is 4.18. The quantitative estimate of drug-likeness (QED) is 0.909. The van der Waals surface area contributed by atoms with Crippen LogP contribution in [-0.2, 0) is 13.0 Å². The van der Waals surface area contributed by atoms with Gasteiger partial charge in [0.25, 0.3) is 0 Å². The zero-order chi connectivity index (χ0) is 13.9. The molecule has 1 aromatic carbocycles. The van der Waals surface area contributed by atoms with Gasteiger partial charge in [-0.05, 0) is 36.1 Å². The summed E-state index contributed by atoms with van der Waals surface area (Å²) in [7, 11) is 0. The molecule has 2 nitrogen and oxygen atoms in total. The lowest BCUT2D eigenvalue weighted by Crippen LogP contribution is -2.21. The van der Waals surface area contributed by atoms with E-state index in [1.54, 1.807) is 0 Å². The number of hydrogen-bond donors (Lipinski definition) is 1. The van der Waals surface area contributed by atoms with E-state index in [-0.39, 0.29) is 6.04 Å². The summed E-state index contributed by atoms with van der Waals surface area (Å²) < 4.78 is 2.32. The van der Waals surface area contributed by atoms with Crippen molar-refractivity contribution in [2.24, 2.45) is 5.73 Å². The number of nitrogens with two attached hydrogens (primary N) is 1. The SMILES string of the molecule is CCC(N)Cc1ccn(CC2CSc3ccccc32)c1. The molecule has 0 bridgehead atoms. The first-order valence-electron chi connectivity index (χ1n) is 7.38. The molecular formula is C17H22N2S. The summed E-state index contributed by atoms with van der Waals surface area (Å²) in [5.74, 6) is 1.83. The first-order valence-corrected chi connectivity index (χ1v) is 8.36. The van der Waals surface area contributed by atoms with Gasteiger partial charge in [0.15, 0.2) is 0 Å². The lowest BCUT2D eigenvalue weighted by atomic mass is 10.0. The molecule has 20 heavy (non-hydrogen) atoms. The normalized spacial score (nSPS) is 19.0. The molecule has 0 aliphatic carbocycles. The van der Waals surface area contributed by atoms with Crippen molar-refractivity contribution in [1.29, 1.82) is 0 Å². The first kappa shape index (κ1) is 13.8. The predicted octanol–water partition coefficient (Wildman–Crippen LogP) is 3.66. The fourth-order valence-electron chi connectivity index (χ4n) is 2.81. The number of rotatable bonds is 5. The highest BCUT2D eigenvalue weighted by Gasteiger charge is 2.22. The summed E-state index contributed by atoms with van der Waals surface area (Å²) in [6, 6.07) is 11.3. The Bertz CT molecular complexity index is 576. The van der Waals surface area contributed by atoms with Crippen molar-refractivity contribution < 1.29 is 0 Å². The molecule has 1 aliphatic heterocycles. The molecule has 0 fully saturated rings. The van der Waals surface area contributed by atoms with E-state index < -0.39 is 0 Å². The van der Waals surface area contributed by atoms with Crippen LogP contribution in [0.15, 0.2) is 47.6 Å². The van der Waals surface area contributed by atoms with Crippen LogP contribution in [0.25, 0.3) is 0 Å². The lowest BCUT2D eigenvalue weighted by Gasteiger charge is -2.12. The van der Waals surface area contributed by atoms with E-state index in [1.807, 2.05) is 11.8 Å². The Morgan fingerprint density at radius 1 is 1.35 bits per heavy atom. The Balaban J connectivity index is 1.67. The highest BCUT2D eigenvalue weighted by Crippen LogP contribution is 2.40. The van der Waals surface area contributed by atoms with Crippen molar-refractivity contribution >= 4 is 11.8 Å². The average Bonchev–Trinajstić information content (AvgIpc) is 3.07. The van der Waals surface area contributed by atoms with E-state index in [0.717, 1.165) is 19.4 Å². The zero-order valence-corrected chi connectivity index (χ0v) is 12.8. The van der Waals surface area contributed by atoms with E-state index in [1.165, 1.54) is 21.8 Å². The summed E-state index contributed by atoms with van der Waals surface area (Å²) in [5.41, 5.74) is 8.90. The second-order valence-corrected chi connectivity index (χ2v) is 6.70. The number of nitrogens with zero attached hydrogens (tertiary/aromatic N) is 1. The van der Waals surface area contributed by atoms with Crippen LogP contribution in [0.5, 0.6) is 0 Å². The van der Waals surface area contributed by atoms with Gasteiger partial charge in [0.05, 0.1) is 0 Å². The van der Waals surface area contributed by atoms with Crippen LogP contribution in [-0.4, -0.2) is 16.4 Å². The van der Waals surface area contributed by atoms with Crippen LogP contribution in [0.4, 0.5) is 0 Å². The Labute approximate surface area is 125 Å². The molecule has 2 N–H and O–H groups in total. The third-order valence-corrected chi connectivity index (χ3v) is 5.32. The first-order chi connectivity index (χ1) is 9.76. The molecule has 0 spiro atoms. The summed E-state index contributed by atoms with van der Waals surface area (Å²) in [4.78, 5) is 1.46. The molecule has 0 radical (unpaired) electrons. The molecule has 0 saturated heterocycles. The number of benzene rings is 1. The van der Waals surface area contributed by atoms with Gasteiger partial charge in [-0.2, -0.15) is 0 Å². The van der Waals surface area contributed by atoms with E-state index in [4.69, 9.17) is 5.73 Å². The lowest BCUT2D eigenvalue weighted by molar-refractivity contribution is 0.603. The van der Waals surface area contributed by atoms with Crippen LogP contribution in [0.1, 0.15) is 30.4 Å². The molecule has 2 heterocycles. The average molecular weight is 286 g/mol. The molecule has 0 amide bonds. The Morgan fingerprint density at radius 3 is 3.05 bits per heavy atom. The van der Waals surface area contributed by atoms with Crippen LogP contribution in [0.2, 0.25) is 0 Å². The summed E-state index contributed by atoms with van der Waals surface area (Å²) in [6.07, 6.45) is 6.49. The molecule has 3 heteroatoms. The number of thioether (sulfide) groups is 1. The number of fused-ring (bicyclic) bond motifs is 1. The van der Waals surface area contributed by atoms with Crippen LogP contribution in [0, 0.1) is 0 Å². The second kappa shape index (κ2) is 6.06. The molecule has 0 saturated carbocycles. The van der Waals surface area contributed by atoms with E-state index in [9.17, 15) is 0 Å². The number of hydrogen-bond acceptors (Lipinski definition) is 2. The van der Waals surface area contributed by atoms with Crippen LogP contribution in [0.3, 0.4) is 0 Å². The standard InChI is InChI=1S/C17H22N2S/c1-2-15(18)9-13-7-8-19(10-13)11-14-12-20-17-6-4-3-5-16(14)17/h3-8,10,14-15H,2,9,11-12,18H2,1H3. The summed E-state index contributed by atoms with van der Waals surface area (Å²) >= 11 is 1.98. The smallest absolute Gasteiger partial charge is 0.0297 e. The third kappa shape index (κ3) is 2.94. The zero-order valence-electron chi connectivity index (χ0n) is 12.0. The largest absolute Gasteiger partial charge is 0.353 e. The van der Waals surface area contributed by atoms with Crippen molar-refractivity contribution in [3.8, 4) is 0 Å². The van der Waals surface area contributed by atoms with Crippen LogP contribution < -0.4 is 5.73 Å². The van der Waals surface area contributed by atoms with E-state index >= 15 is 0 Å². The van der Waals surface area contributed by atoms with Gasteiger partial charge >= 0.3 is 0 Å². The van der Waals surface area contributed by atoms with E-state index in [0.29, 0.717) is 5.92 Å². The fourth-order valence-corrected chi connectivity index (χ4v) is 4.05. The topological polar surface area (TPSA) is 30.9 Å². The second-order valence-electron chi connectivity index (χ2n) is 5.63. The molecule has 2 unspecified atom stereocenters. The molecule has 2 aromatic rings. The minimum absolute atomic E-state index is 0.286. The van der Waals surface area contributed by atoms with Gasteiger partial charge in [-0.3, -0.25) is 0 Å². The van der Waals surface area contributed by atoms with Gasteiger partial charge in [-0.15, -0.1) is 11.8 Å². The molecular weight excluding hydrogens is 264 g/mol. The van der Waals surface area contributed by atoms with Gasteiger partial charge in [0.2, 0.25) is 0 Å². The Hall–Kier alpha value is -1.19. The number of aromatic nitrogens is 1.